The quantitative estimate of drug-likeness (QED) is 0.482. The molecule has 0 unspecified atom stereocenters. The number of aryl methyl sites for hydroxylation is 2. The minimum absolute atomic E-state index is 0.0784. The summed E-state index contributed by atoms with van der Waals surface area (Å²) in [5, 5.41) is 5.65. The Kier molecular flexibility index (Phi) is 5.23. The molecule has 0 aliphatic carbocycles. The van der Waals surface area contributed by atoms with Gasteiger partial charge in [0, 0.05) is 22.7 Å². The minimum Gasteiger partial charge on any atom is -0.322 e. The fourth-order valence-electron chi connectivity index (χ4n) is 2.97. The third-order valence-corrected chi connectivity index (χ3v) is 6.66. The van der Waals surface area contributed by atoms with Gasteiger partial charge in [0.1, 0.15) is 0 Å². The summed E-state index contributed by atoms with van der Waals surface area (Å²) in [5.41, 5.74) is 3.51. The van der Waals surface area contributed by atoms with Crippen molar-refractivity contribution in [2.75, 3.05) is 10.0 Å². The van der Waals surface area contributed by atoms with Crippen molar-refractivity contribution >= 4 is 49.0 Å². The first-order valence-corrected chi connectivity index (χ1v) is 11.4. The van der Waals surface area contributed by atoms with Crippen LogP contribution in [0, 0.1) is 13.8 Å². The number of thiazole rings is 1. The Labute approximate surface area is 177 Å². The number of amides is 1. The zero-order chi connectivity index (χ0) is 21.3. The van der Waals surface area contributed by atoms with Crippen molar-refractivity contribution < 1.29 is 13.2 Å². The predicted molar refractivity (Wildman–Crippen MR) is 119 cm³/mol. The molecule has 9 heteroatoms. The maximum atomic E-state index is 12.8. The summed E-state index contributed by atoms with van der Waals surface area (Å²) in [6.45, 7) is 3.78. The Bertz CT molecular complexity index is 1330. The molecule has 1 amide bonds. The van der Waals surface area contributed by atoms with Gasteiger partial charge in [-0.15, -0.1) is 11.3 Å². The first kappa shape index (κ1) is 20.0. The zero-order valence-electron chi connectivity index (χ0n) is 16.2. The third kappa shape index (κ3) is 4.17. The Morgan fingerprint density at radius 2 is 1.80 bits per heavy atom. The molecule has 0 aliphatic rings. The van der Waals surface area contributed by atoms with E-state index in [0.29, 0.717) is 22.1 Å². The van der Waals surface area contributed by atoms with Gasteiger partial charge >= 0.3 is 0 Å². The maximum absolute atomic E-state index is 12.8. The first-order chi connectivity index (χ1) is 14.3. The van der Waals surface area contributed by atoms with Crippen LogP contribution in [-0.2, 0) is 10.0 Å². The second-order valence-corrected chi connectivity index (χ2v) is 9.32. The van der Waals surface area contributed by atoms with Gasteiger partial charge in [-0.2, -0.15) is 0 Å². The number of carbonyl (C=O) groups excluding carboxylic acids is 1. The first-order valence-electron chi connectivity index (χ1n) is 9.03. The number of hydrogen-bond donors (Lipinski definition) is 2. The summed E-state index contributed by atoms with van der Waals surface area (Å²) < 4.78 is 27.2. The number of fused-ring (bicyclic) bond motifs is 1. The number of nitrogens with zero attached hydrogens (tertiary/aromatic N) is 2. The van der Waals surface area contributed by atoms with Crippen molar-refractivity contribution in [3.63, 3.8) is 0 Å². The zero-order valence-corrected chi connectivity index (χ0v) is 17.8. The van der Waals surface area contributed by atoms with E-state index in [4.69, 9.17) is 0 Å². The average Bonchev–Trinajstić information content (AvgIpc) is 3.20. The van der Waals surface area contributed by atoms with Crippen molar-refractivity contribution in [3.05, 3.63) is 76.9 Å². The molecular formula is C21H18N4O3S2. The van der Waals surface area contributed by atoms with Crippen LogP contribution in [0.2, 0.25) is 0 Å². The van der Waals surface area contributed by atoms with Crippen LogP contribution in [-0.4, -0.2) is 24.3 Å². The number of rotatable bonds is 5. The van der Waals surface area contributed by atoms with Crippen molar-refractivity contribution in [2.24, 2.45) is 0 Å². The fourth-order valence-corrected chi connectivity index (χ4v) is 4.76. The molecule has 4 aromatic rings. The molecule has 0 atom stereocenters. The summed E-state index contributed by atoms with van der Waals surface area (Å²) in [6.07, 6.45) is 1.52. The smallest absolute Gasteiger partial charge is 0.263 e. The van der Waals surface area contributed by atoms with Crippen LogP contribution in [0.3, 0.4) is 0 Å². The van der Waals surface area contributed by atoms with Crippen LogP contribution in [0.15, 0.2) is 65.0 Å². The number of carbonyl (C=O) groups is 1. The molecular weight excluding hydrogens is 420 g/mol. The van der Waals surface area contributed by atoms with Gasteiger partial charge in [0.2, 0.25) is 0 Å². The Hall–Kier alpha value is -3.30. The van der Waals surface area contributed by atoms with E-state index < -0.39 is 10.0 Å². The lowest BCUT2D eigenvalue weighted by Gasteiger charge is -2.10. The molecule has 2 N–H and O–H groups in total. The molecule has 0 bridgehead atoms. The number of anilines is 2. The SMILES string of the molecule is Cc1ccc2cc(C(=O)Nc3ccc(S(=O)(=O)Nc4nccs4)cc3)c(C)nc2c1. The molecule has 7 nitrogen and oxygen atoms in total. The van der Waals surface area contributed by atoms with Gasteiger partial charge in [-0.1, -0.05) is 12.1 Å². The molecule has 0 saturated carbocycles. The van der Waals surface area contributed by atoms with E-state index >= 15 is 0 Å². The van der Waals surface area contributed by atoms with Crippen molar-refractivity contribution in [1.82, 2.24) is 9.97 Å². The molecule has 2 aromatic heterocycles. The molecule has 2 heterocycles. The van der Waals surface area contributed by atoms with Crippen LogP contribution in [0.25, 0.3) is 10.9 Å². The van der Waals surface area contributed by atoms with E-state index in [0.717, 1.165) is 16.5 Å². The molecule has 0 spiro atoms. The molecule has 4 rings (SSSR count). The number of sulfonamides is 1. The molecule has 2 aromatic carbocycles. The molecule has 0 fully saturated rings. The lowest BCUT2D eigenvalue weighted by molar-refractivity contribution is 0.102. The molecule has 0 saturated heterocycles. The van der Waals surface area contributed by atoms with Crippen molar-refractivity contribution in [2.45, 2.75) is 18.7 Å². The number of aromatic nitrogens is 2. The van der Waals surface area contributed by atoms with Crippen LogP contribution < -0.4 is 10.0 Å². The predicted octanol–water partition coefficient (Wildman–Crippen LogP) is 4.36. The summed E-state index contributed by atoms with van der Waals surface area (Å²) in [5.74, 6) is -0.306. The van der Waals surface area contributed by atoms with E-state index in [1.165, 1.54) is 29.7 Å². The van der Waals surface area contributed by atoms with E-state index in [2.05, 4.69) is 20.0 Å². The highest BCUT2D eigenvalue weighted by atomic mass is 32.2. The van der Waals surface area contributed by atoms with Crippen LogP contribution in [0.5, 0.6) is 0 Å². The van der Waals surface area contributed by atoms with Gasteiger partial charge in [0.15, 0.2) is 5.13 Å². The number of nitrogens with one attached hydrogen (secondary N) is 2. The average molecular weight is 439 g/mol. The maximum Gasteiger partial charge on any atom is 0.263 e. The third-order valence-electron chi connectivity index (χ3n) is 4.48. The lowest BCUT2D eigenvalue weighted by atomic mass is 10.1. The Morgan fingerprint density at radius 1 is 1.03 bits per heavy atom. The van der Waals surface area contributed by atoms with E-state index in [1.807, 2.05) is 31.2 Å². The Balaban J connectivity index is 1.53. The number of benzene rings is 2. The number of pyridine rings is 1. The monoisotopic (exact) mass is 438 g/mol. The standard InChI is InChI=1S/C21H18N4O3S2/c1-13-3-4-15-12-18(14(2)23-19(15)11-13)20(26)24-16-5-7-17(8-6-16)30(27,28)25-21-22-9-10-29-21/h3-12H,1-2H3,(H,22,25)(H,24,26). The highest BCUT2D eigenvalue weighted by molar-refractivity contribution is 7.93. The second-order valence-electron chi connectivity index (χ2n) is 6.74. The normalized spacial score (nSPS) is 11.4. The molecule has 0 radical (unpaired) electrons. The molecule has 0 aliphatic heterocycles. The summed E-state index contributed by atoms with van der Waals surface area (Å²) in [7, 11) is -3.74. The van der Waals surface area contributed by atoms with Gasteiger partial charge in [0.05, 0.1) is 21.7 Å². The molecule has 152 valence electrons. The van der Waals surface area contributed by atoms with Crippen molar-refractivity contribution in [1.29, 1.82) is 0 Å². The highest BCUT2D eigenvalue weighted by Gasteiger charge is 2.16. The summed E-state index contributed by atoms with van der Waals surface area (Å²) >= 11 is 1.19. The summed E-state index contributed by atoms with van der Waals surface area (Å²) in [4.78, 5) is 21.3. The van der Waals surface area contributed by atoms with Gasteiger partial charge in [-0.25, -0.2) is 13.4 Å². The van der Waals surface area contributed by atoms with Gasteiger partial charge in [-0.3, -0.25) is 14.5 Å². The van der Waals surface area contributed by atoms with Gasteiger partial charge < -0.3 is 5.32 Å². The largest absolute Gasteiger partial charge is 0.322 e. The van der Waals surface area contributed by atoms with Crippen LogP contribution in [0.4, 0.5) is 10.8 Å². The Morgan fingerprint density at radius 3 is 2.50 bits per heavy atom. The fraction of sp³-hybridized carbons (Fsp3) is 0.0952. The second kappa shape index (κ2) is 7.85. The van der Waals surface area contributed by atoms with E-state index in [1.54, 1.807) is 24.4 Å². The topological polar surface area (TPSA) is 101 Å². The van der Waals surface area contributed by atoms with Gasteiger partial charge in [-0.05, 0) is 55.8 Å². The minimum atomic E-state index is -3.74. The number of hydrogen-bond acceptors (Lipinski definition) is 6. The van der Waals surface area contributed by atoms with Crippen molar-refractivity contribution in [3.8, 4) is 0 Å². The van der Waals surface area contributed by atoms with Gasteiger partial charge in [0.25, 0.3) is 15.9 Å². The molecule has 30 heavy (non-hydrogen) atoms. The highest BCUT2D eigenvalue weighted by Crippen LogP contribution is 2.22. The summed E-state index contributed by atoms with van der Waals surface area (Å²) in [6, 6.07) is 13.6. The van der Waals surface area contributed by atoms with E-state index in [-0.39, 0.29) is 10.8 Å². The van der Waals surface area contributed by atoms with Crippen LogP contribution >= 0.6 is 11.3 Å². The van der Waals surface area contributed by atoms with E-state index in [9.17, 15) is 13.2 Å². The van der Waals surface area contributed by atoms with Crippen LogP contribution in [0.1, 0.15) is 21.6 Å². The lowest BCUT2D eigenvalue weighted by Crippen LogP contribution is -2.15.